The number of thioether (sulfide) groups is 1. The van der Waals surface area contributed by atoms with Gasteiger partial charge in [-0.25, -0.2) is 0 Å². The van der Waals surface area contributed by atoms with Gasteiger partial charge in [-0.15, -0.1) is 0 Å². The molecule has 1 saturated heterocycles. The number of nitrogens with zero attached hydrogens (tertiary/aromatic N) is 2. The SMILES string of the molecule is Cc1nn(C)cc1C1(O)CCSC1C. The molecule has 0 aliphatic carbocycles. The first-order valence-electron chi connectivity index (χ1n) is 4.89. The van der Waals surface area contributed by atoms with E-state index in [4.69, 9.17) is 0 Å². The van der Waals surface area contributed by atoms with Gasteiger partial charge in [0.05, 0.1) is 5.69 Å². The van der Waals surface area contributed by atoms with Crippen LogP contribution < -0.4 is 0 Å². The minimum Gasteiger partial charge on any atom is -0.384 e. The molecule has 14 heavy (non-hydrogen) atoms. The zero-order valence-corrected chi connectivity index (χ0v) is 9.64. The van der Waals surface area contributed by atoms with E-state index in [0.717, 1.165) is 23.4 Å². The van der Waals surface area contributed by atoms with Crippen molar-refractivity contribution in [2.24, 2.45) is 7.05 Å². The Morgan fingerprint density at radius 1 is 1.71 bits per heavy atom. The summed E-state index contributed by atoms with van der Waals surface area (Å²) in [5, 5.41) is 15.1. The minimum atomic E-state index is -0.664. The van der Waals surface area contributed by atoms with Gasteiger partial charge in [0.2, 0.25) is 0 Å². The highest BCUT2D eigenvalue weighted by molar-refractivity contribution is 8.00. The molecule has 1 fully saturated rings. The Hall–Kier alpha value is -0.480. The van der Waals surface area contributed by atoms with Crippen molar-refractivity contribution in [2.75, 3.05) is 5.75 Å². The molecule has 1 aliphatic rings. The predicted molar refractivity (Wildman–Crippen MR) is 58.4 cm³/mol. The quantitative estimate of drug-likeness (QED) is 0.765. The van der Waals surface area contributed by atoms with Crippen molar-refractivity contribution in [3.05, 3.63) is 17.5 Å². The highest BCUT2D eigenvalue weighted by Gasteiger charge is 2.42. The van der Waals surface area contributed by atoms with Crippen molar-refractivity contribution >= 4 is 11.8 Å². The number of hydrogen-bond acceptors (Lipinski definition) is 3. The molecule has 1 N–H and O–H groups in total. The van der Waals surface area contributed by atoms with E-state index in [0.29, 0.717) is 0 Å². The van der Waals surface area contributed by atoms with E-state index in [-0.39, 0.29) is 5.25 Å². The maximum Gasteiger partial charge on any atom is 0.105 e. The Bertz CT molecular complexity index is 350. The fourth-order valence-electron chi connectivity index (χ4n) is 2.11. The summed E-state index contributed by atoms with van der Waals surface area (Å²) in [5.41, 5.74) is 1.28. The first kappa shape index (κ1) is 10.1. The first-order chi connectivity index (χ1) is 6.54. The Morgan fingerprint density at radius 3 is 2.86 bits per heavy atom. The normalized spacial score (nSPS) is 32.4. The fourth-order valence-corrected chi connectivity index (χ4v) is 3.41. The molecule has 1 aliphatic heterocycles. The van der Waals surface area contributed by atoms with Crippen molar-refractivity contribution in [3.8, 4) is 0 Å². The van der Waals surface area contributed by atoms with Crippen molar-refractivity contribution in [3.63, 3.8) is 0 Å². The van der Waals surface area contributed by atoms with E-state index in [1.807, 2.05) is 31.9 Å². The molecule has 0 bridgehead atoms. The second kappa shape index (κ2) is 3.28. The molecule has 0 aromatic carbocycles. The van der Waals surface area contributed by atoms with Gasteiger partial charge in [0.1, 0.15) is 5.60 Å². The summed E-state index contributed by atoms with van der Waals surface area (Å²) >= 11 is 1.83. The van der Waals surface area contributed by atoms with Crippen LogP contribution >= 0.6 is 11.8 Å². The number of aromatic nitrogens is 2. The average Bonchev–Trinajstić information content (AvgIpc) is 2.59. The summed E-state index contributed by atoms with van der Waals surface area (Å²) in [5.74, 6) is 1.03. The second-order valence-electron chi connectivity index (χ2n) is 3.99. The second-order valence-corrected chi connectivity index (χ2v) is 5.44. The molecular weight excluding hydrogens is 196 g/mol. The van der Waals surface area contributed by atoms with E-state index in [2.05, 4.69) is 12.0 Å². The van der Waals surface area contributed by atoms with Gasteiger partial charge < -0.3 is 5.11 Å². The van der Waals surface area contributed by atoms with E-state index in [1.165, 1.54) is 0 Å². The smallest absolute Gasteiger partial charge is 0.105 e. The van der Waals surface area contributed by atoms with Gasteiger partial charge in [-0.05, 0) is 19.1 Å². The summed E-state index contributed by atoms with van der Waals surface area (Å²) in [7, 11) is 1.90. The van der Waals surface area contributed by atoms with Crippen LogP contribution in [0.25, 0.3) is 0 Å². The highest BCUT2D eigenvalue weighted by Crippen LogP contribution is 2.43. The van der Waals surface area contributed by atoms with Crippen LogP contribution in [0.5, 0.6) is 0 Å². The molecule has 3 nitrogen and oxygen atoms in total. The van der Waals surface area contributed by atoms with Gasteiger partial charge in [0.15, 0.2) is 0 Å². The zero-order chi connectivity index (χ0) is 10.3. The Balaban J connectivity index is 2.42. The molecule has 2 unspecified atom stereocenters. The van der Waals surface area contributed by atoms with Crippen LogP contribution in [-0.4, -0.2) is 25.9 Å². The molecule has 2 atom stereocenters. The molecule has 0 saturated carbocycles. The molecule has 1 aromatic heterocycles. The van der Waals surface area contributed by atoms with Crippen LogP contribution in [0.3, 0.4) is 0 Å². The molecule has 0 amide bonds. The third kappa shape index (κ3) is 1.37. The van der Waals surface area contributed by atoms with Gasteiger partial charge in [-0.2, -0.15) is 16.9 Å². The van der Waals surface area contributed by atoms with Crippen LogP contribution in [0.1, 0.15) is 24.6 Å². The number of aliphatic hydroxyl groups is 1. The van der Waals surface area contributed by atoms with E-state index in [1.54, 1.807) is 4.68 Å². The van der Waals surface area contributed by atoms with Gasteiger partial charge in [-0.1, -0.05) is 6.92 Å². The molecule has 2 rings (SSSR count). The Morgan fingerprint density at radius 2 is 2.43 bits per heavy atom. The lowest BCUT2D eigenvalue weighted by Crippen LogP contribution is -2.31. The van der Waals surface area contributed by atoms with Gasteiger partial charge in [0.25, 0.3) is 0 Å². The molecule has 4 heteroatoms. The zero-order valence-electron chi connectivity index (χ0n) is 8.82. The number of hydrogen-bond donors (Lipinski definition) is 1. The standard InChI is InChI=1S/C10H16N2OS/c1-7-9(6-12(3)11-7)10(13)4-5-14-8(10)2/h6,8,13H,4-5H2,1-3H3. The fraction of sp³-hybridized carbons (Fsp3) is 0.700. The van der Waals surface area contributed by atoms with Gasteiger partial charge in [-0.3, -0.25) is 4.68 Å². The first-order valence-corrected chi connectivity index (χ1v) is 5.93. The topological polar surface area (TPSA) is 38.0 Å². The third-order valence-electron chi connectivity index (χ3n) is 3.00. The number of aryl methyl sites for hydroxylation is 2. The maximum absolute atomic E-state index is 10.6. The summed E-state index contributed by atoms with van der Waals surface area (Å²) in [6.07, 6.45) is 2.78. The molecule has 0 radical (unpaired) electrons. The Kier molecular flexibility index (Phi) is 2.35. The molecule has 1 aromatic rings. The molecular formula is C10H16N2OS. The van der Waals surface area contributed by atoms with Gasteiger partial charge >= 0.3 is 0 Å². The minimum absolute atomic E-state index is 0.269. The monoisotopic (exact) mass is 212 g/mol. The summed E-state index contributed by atoms with van der Waals surface area (Å²) in [4.78, 5) is 0. The summed E-state index contributed by atoms with van der Waals surface area (Å²) < 4.78 is 1.78. The Labute approximate surface area is 88.5 Å². The van der Waals surface area contributed by atoms with E-state index < -0.39 is 5.60 Å². The van der Waals surface area contributed by atoms with Crippen LogP contribution in [0.15, 0.2) is 6.20 Å². The summed E-state index contributed by atoms with van der Waals surface area (Å²) in [6, 6.07) is 0. The molecule has 2 heterocycles. The summed E-state index contributed by atoms with van der Waals surface area (Å²) in [6.45, 7) is 4.05. The predicted octanol–water partition coefficient (Wildman–Crippen LogP) is 1.44. The van der Waals surface area contributed by atoms with Crippen molar-refractivity contribution in [2.45, 2.75) is 31.1 Å². The van der Waals surface area contributed by atoms with Crippen LogP contribution in [0.2, 0.25) is 0 Å². The average molecular weight is 212 g/mol. The highest BCUT2D eigenvalue weighted by atomic mass is 32.2. The lowest BCUT2D eigenvalue weighted by atomic mass is 9.89. The van der Waals surface area contributed by atoms with Crippen LogP contribution in [0.4, 0.5) is 0 Å². The van der Waals surface area contributed by atoms with Gasteiger partial charge in [0, 0.05) is 24.1 Å². The van der Waals surface area contributed by atoms with E-state index >= 15 is 0 Å². The van der Waals surface area contributed by atoms with Crippen molar-refractivity contribution < 1.29 is 5.11 Å². The van der Waals surface area contributed by atoms with Crippen molar-refractivity contribution in [1.29, 1.82) is 0 Å². The van der Waals surface area contributed by atoms with Crippen LogP contribution in [-0.2, 0) is 12.6 Å². The lowest BCUT2D eigenvalue weighted by Gasteiger charge is -2.26. The molecule has 78 valence electrons. The third-order valence-corrected chi connectivity index (χ3v) is 4.33. The molecule has 0 spiro atoms. The lowest BCUT2D eigenvalue weighted by molar-refractivity contribution is 0.0420. The van der Waals surface area contributed by atoms with Crippen molar-refractivity contribution in [1.82, 2.24) is 9.78 Å². The number of rotatable bonds is 1. The van der Waals surface area contributed by atoms with E-state index in [9.17, 15) is 5.11 Å². The van der Waals surface area contributed by atoms with Crippen LogP contribution in [0, 0.1) is 6.92 Å². The largest absolute Gasteiger partial charge is 0.384 e. The maximum atomic E-state index is 10.6.